The average molecular weight is 585 g/mol. The van der Waals surface area contributed by atoms with Gasteiger partial charge in [-0.3, -0.25) is 0 Å². The summed E-state index contributed by atoms with van der Waals surface area (Å²) in [6.45, 7) is 0. The van der Waals surface area contributed by atoms with Crippen LogP contribution in [0.1, 0.15) is 22.6 Å². The summed E-state index contributed by atoms with van der Waals surface area (Å²) < 4.78 is 30.8. The van der Waals surface area contributed by atoms with Crippen LogP contribution in [0, 0.1) is 0 Å². The molecule has 4 aromatic carbocycles. The number of methoxy groups -OCH3 is 3. The minimum Gasteiger partial charge on any atom is -0.493 e. The summed E-state index contributed by atoms with van der Waals surface area (Å²) in [5.74, 6) is 1.74. The third-order valence-corrected chi connectivity index (χ3v) is 7.99. The molecule has 0 saturated heterocycles. The predicted molar refractivity (Wildman–Crippen MR) is 163 cm³/mol. The van der Waals surface area contributed by atoms with Crippen molar-refractivity contribution in [2.75, 3.05) is 21.3 Å². The molecule has 1 unspecified atom stereocenters. The average Bonchev–Trinajstić information content (AvgIpc) is 3.51. The number of hydrogen-bond acceptors (Lipinski definition) is 9. The number of nitrogens with zero attached hydrogens (tertiary/aromatic N) is 4. The van der Waals surface area contributed by atoms with Gasteiger partial charge in [0.15, 0.2) is 28.7 Å². The van der Waals surface area contributed by atoms with E-state index in [0.717, 1.165) is 16.3 Å². The van der Waals surface area contributed by atoms with E-state index in [1.807, 2.05) is 60.7 Å². The molecule has 4 heterocycles. The maximum atomic E-state index is 13.8. The summed E-state index contributed by atoms with van der Waals surface area (Å²) in [6, 6.07) is 25.0. The van der Waals surface area contributed by atoms with Crippen LogP contribution in [-0.2, 0) is 0 Å². The van der Waals surface area contributed by atoms with Crippen LogP contribution >= 0.6 is 0 Å². The van der Waals surface area contributed by atoms with Crippen LogP contribution in [0.2, 0.25) is 0 Å². The Morgan fingerprint density at radius 3 is 2.34 bits per heavy atom. The number of fused-ring (bicyclic) bond motifs is 7. The normalized spacial score (nSPS) is 13.8. The summed E-state index contributed by atoms with van der Waals surface area (Å²) in [7, 11) is 4.63. The third kappa shape index (κ3) is 3.81. The van der Waals surface area contributed by atoms with Gasteiger partial charge in [0.25, 0.3) is 0 Å². The Labute approximate surface area is 250 Å². The van der Waals surface area contributed by atoms with Gasteiger partial charge >= 0.3 is 5.63 Å². The molecule has 216 valence electrons. The van der Waals surface area contributed by atoms with E-state index < -0.39 is 11.5 Å². The summed E-state index contributed by atoms with van der Waals surface area (Å²) in [6.07, 6.45) is 1.57. The Kier molecular flexibility index (Phi) is 5.77. The zero-order valence-electron chi connectivity index (χ0n) is 23.9. The number of ether oxygens (including phenoxy) is 4. The molecule has 0 bridgehead atoms. The molecule has 0 saturated carbocycles. The predicted octanol–water partition coefficient (Wildman–Crippen LogP) is 6.36. The van der Waals surface area contributed by atoms with Crippen molar-refractivity contribution in [1.29, 1.82) is 0 Å². The van der Waals surface area contributed by atoms with Crippen LogP contribution in [0.4, 0.5) is 0 Å². The van der Waals surface area contributed by atoms with Gasteiger partial charge in [0.2, 0.25) is 11.6 Å². The molecule has 0 amide bonds. The van der Waals surface area contributed by atoms with E-state index in [1.165, 1.54) is 7.11 Å². The molecule has 0 radical (unpaired) electrons. The standard InChI is InChI=1S/C34H24N4O6/c1-40-24-15-21(16-25(41-2)30(24)42-3)26-27-29(22-10-6-7-11-23(22)43-34(27)39)44-33-28(26)32-36-31(37-38(32)17-35-33)20-13-12-18-8-4-5-9-19(18)14-20/h4-17,26H,1-3H3. The van der Waals surface area contributed by atoms with Crippen molar-refractivity contribution >= 4 is 27.4 Å². The lowest BCUT2D eigenvalue weighted by Gasteiger charge is -2.28. The molecular weight excluding hydrogens is 560 g/mol. The van der Waals surface area contributed by atoms with E-state index in [4.69, 9.17) is 33.4 Å². The topological polar surface area (TPSA) is 110 Å². The number of aromatic nitrogens is 4. The van der Waals surface area contributed by atoms with Gasteiger partial charge < -0.3 is 23.4 Å². The highest BCUT2D eigenvalue weighted by molar-refractivity contribution is 5.88. The van der Waals surface area contributed by atoms with Gasteiger partial charge in [-0.25, -0.2) is 19.3 Å². The number of hydrogen-bond donors (Lipinski definition) is 0. The van der Waals surface area contributed by atoms with Crippen LogP contribution in [0.3, 0.4) is 0 Å². The first-order valence-corrected chi connectivity index (χ1v) is 13.9. The fourth-order valence-corrected chi connectivity index (χ4v) is 5.98. The molecule has 10 nitrogen and oxygen atoms in total. The molecule has 0 fully saturated rings. The van der Waals surface area contributed by atoms with Gasteiger partial charge in [-0.1, -0.05) is 48.5 Å². The summed E-state index contributed by atoms with van der Waals surface area (Å²) in [4.78, 5) is 23.4. The van der Waals surface area contributed by atoms with Gasteiger partial charge in [-0.2, -0.15) is 0 Å². The lowest BCUT2D eigenvalue weighted by Crippen LogP contribution is -2.22. The van der Waals surface area contributed by atoms with Crippen molar-refractivity contribution in [2.45, 2.75) is 5.92 Å². The van der Waals surface area contributed by atoms with Crippen LogP contribution < -0.4 is 24.6 Å². The van der Waals surface area contributed by atoms with E-state index in [1.54, 1.807) is 37.2 Å². The van der Waals surface area contributed by atoms with E-state index in [0.29, 0.717) is 68.0 Å². The Bertz CT molecular complexity index is 2300. The van der Waals surface area contributed by atoms with E-state index in [9.17, 15) is 4.79 Å². The minimum absolute atomic E-state index is 0.302. The zero-order valence-corrected chi connectivity index (χ0v) is 23.9. The van der Waals surface area contributed by atoms with Crippen molar-refractivity contribution in [2.24, 2.45) is 0 Å². The van der Waals surface area contributed by atoms with Crippen molar-refractivity contribution < 1.29 is 23.4 Å². The molecule has 7 aromatic rings. The van der Waals surface area contributed by atoms with Crippen LogP contribution in [0.25, 0.3) is 38.8 Å². The first-order chi connectivity index (χ1) is 21.6. The molecule has 10 heteroatoms. The highest BCUT2D eigenvalue weighted by Gasteiger charge is 2.38. The lowest BCUT2D eigenvalue weighted by atomic mass is 9.83. The van der Waals surface area contributed by atoms with Crippen LogP contribution in [0.15, 0.2) is 94.4 Å². The molecule has 0 aliphatic carbocycles. The van der Waals surface area contributed by atoms with Crippen LogP contribution in [-0.4, -0.2) is 40.9 Å². The molecule has 1 atom stereocenters. The first kappa shape index (κ1) is 25.8. The number of benzene rings is 4. The first-order valence-electron chi connectivity index (χ1n) is 13.9. The molecular formula is C34H24N4O6. The van der Waals surface area contributed by atoms with E-state index in [2.05, 4.69) is 11.1 Å². The molecule has 3 aromatic heterocycles. The Morgan fingerprint density at radius 2 is 1.57 bits per heavy atom. The molecule has 1 aliphatic rings. The van der Waals surface area contributed by atoms with Crippen molar-refractivity contribution in [1.82, 2.24) is 19.6 Å². The van der Waals surface area contributed by atoms with Crippen molar-refractivity contribution in [3.05, 3.63) is 112 Å². The zero-order chi connectivity index (χ0) is 29.9. The summed E-state index contributed by atoms with van der Waals surface area (Å²) in [5.41, 5.74) is 2.71. The van der Waals surface area contributed by atoms with E-state index >= 15 is 0 Å². The minimum atomic E-state index is -0.729. The Balaban J connectivity index is 1.42. The molecule has 8 rings (SSSR count). The monoisotopic (exact) mass is 584 g/mol. The fourth-order valence-electron chi connectivity index (χ4n) is 5.98. The Morgan fingerprint density at radius 1 is 0.818 bits per heavy atom. The van der Waals surface area contributed by atoms with Crippen molar-refractivity contribution in [3.8, 4) is 40.3 Å². The second kappa shape index (κ2) is 9.84. The van der Waals surface area contributed by atoms with Crippen molar-refractivity contribution in [3.63, 3.8) is 0 Å². The highest BCUT2D eigenvalue weighted by atomic mass is 16.5. The van der Waals surface area contributed by atoms with Gasteiger partial charge in [0.1, 0.15) is 11.9 Å². The fraction of sp³-hybridized carbons (Fsp3) is 0.118. The number of rotatable bonds is 5. The molecule has 1 aliphatic heterocycles. The second-order valence-electron chi connectivity index (χ2n) is 10.4. The SMILES string of the molecule is COc1cc(C2c3c(c4ccccc4oc3=O)Oc3ncn4nc(-c5ccc6ccccc6c5)nc4c32)cc(OC)c1OC. The maximum Gasteiger partial charge on any atom is 0.344 e. The quantitative estimate of drug-likeness (QED) is 0.213. The molecule has 0 N–H and O–H groups in total. The van der Waals surface area contributed by atoms with Crippen LogP contribution in [0.5, 0.6) is 28.9 Å². The number of para-hydroxylation sites is 1. The largest absolute Gasteiger partial charge is 0.493 e. The van der Waals surface area contributed by atoms with Gasteiger partial charge in [-0.05, 0) is 46.7 Å². The van der Waals surface area contributed by atoms with E-state index in [-0.39, 0.29) is 0 Å². The molecule has 44 heavy (non-hydrogen) atoms. The summed E-state index contributed by atoms with van der Waals surface area (Å²) >= 11 is 0. The highest BCUT2D eigenvalue weighted by Crippen LogP contribution is 2.51. The smallest absolute Gasteiger partial charge is 0.344 e. The summed E-state index contributed by atoms with van der Waals surface area (Å²) in [5, 5.41) is 7.60. The Hall–Kier alpha value is -5.90. The lowest BCUT2D eigenvalue weighted by molar-refractivity contribution is 0.323. The van der Waals surface area contributed by atoms with Gasteiger partial charge in [-0.15, -0.1) is 5.10 Å². The maximum absolute atomic E-state index is 13.8. The second-order valence-corrected chi connectivity index (χ2v) is 10.4. The van der Waals surface area contributed by atoms with Gasteiger partial charge in [0, 0.05) is 5.56 Å². The molecule has 0 spiro atoms. The van der Waals surface area contributed by atoms with Gasteiger partial charge in [0.05, 0.1) is 43.8 Å². The third-order valence-electron chi connectivity index (χ3n) is 7.99.